The lowest BCUT2D eigenvalue weighted by atomic mass is 9.96. The smallest absolute Gasteiger partial charge is 0.243 e. The summed E-state index contributed by atoms with van der Waals surface area (Å²) in [6.45, 7) is 1.85. The average Bonchev–Trinajstić information content (AvgIpc) is 2.40. The molecule has 6 heteroatoms. The van der Waals surface area contributed by atoms with Gasteiger partial charge in [-0.05, 0) is 78.6 Å². The molecule has 1 atom stereocenters. The standard InChI is InChI=1S/C13H19IN2O2S/c14-12-3-5-13(6-4-12)19(17,18)16-9-1-2-11(10-16)7-8-15/h3-6,11H,1-2,7-10,15H2. The number of nitrogens with zero attached hydrogens (tertiary/aromatic N) is 1. The first-order valence-electron chi connectivity index (χ1n) is 6.50. The summed E-state index contributed by atoms with van der Waals surface area (Å²) < 4.78 is 27.7. The Balaban J connectivity index is 2.17. The van der Waals surface area contributed by atoms with E-state index in [1.54, 1.807) is 16.4 Å². The zero-order valence-electron chi connectivity index (χ0n) is 10.8. The molecule has 4 nitrogen and oxygen atoms in total. The van der Waals surface area contributed by atoms with Crippen molar-refractivity contribution in [3.8, 4) is 0 Å². The van der Waals surface area contributed by atoms with E-state index in [9.17, 15) is 8.42 Å². The average molecular weight is 394 g/mol. The minimum absolute atomic E-state index is 0.390. The highest BCUT2D eigenvalue weighted by Crippen LogP contribution is 2.25. The van der Waals surface area contributed by atoms with Gasteiger partial charge in [-0.1, -0.05) is 0 Å². The second-order valence-electron chi connectivity index (χ2n) is 4.90. The Morgan fingerprint density at radius 2 is 2.00 bits per heavy atom. The minimum Gasteiger partial charge on any atom is -0.330 e. The Kier molecular flexibility index (Phi) is 5.22. The molecule has 2 N–H and O–H groups in total. The van der Waals surface area contributed by atoms with E-state index < -0.39 is 10.0 Å². The van der Waals surface area contributed by atoms with Crippen LogP contribution in [0.4, 0.5) is 0 Å². The van der Waals surface area contributed by atoms with E-state index in [0.29, 0.717) is 30.4 Å². The third-order valence-corrected chi connectivity index (χ3v) is 6.11. The minimum atomic E-state index is -3.34. The van der Waals surface area contributed by atoms with Crippen LogP contribution in [0, 0.1) is 9.49 Å². The summed E-state index contributed by atoms with van der Waals surface area (Å²) in [4.78, 5) is 0.390. The summed E-state index contributed by atoms with van der Waals surface area (Å²) in [5.41, 5.74) is 5.57. The zero-order valence-corrected chi connectivity index (χ0v) is 13.7. The number of halogens is 1. The Labute approximate surface area is 128 Å². The molecule has 0 aromatic heterocycles. The maximum atomic E-state index is 12.5. The van der Waals surface area contributed by atoms with Gasteiger partial charge in [-0.15, -0.1) is 0 Å². The first kappa shape index (κ1) is 15.2. The first-order chi connectivity index (χ1) is 9.04. The number of hydrogen-bond donors (Lipinski definition) is 1. The van der Waals surface area contributed by atoms with Crippen molar-refractivity contribution >= 4 is 32.6 Å². The van der Waals surface area contributed by atoms with Crippen molar-refractivity contribution in [2.45, 2.75) is 24.2 Å². The van der Waals surface area contributed by atoms with Crippen LogP contribution in [0.3, 0.4) is 0 Å². The van der Waals surface area contributed by atoms with Crippen molar-refractivity contribution in [2.75, 3.05) is 19.6 Å². The number of benzene rings is 1. The van der Waals surface area contributed by atoms with Crippen molar-refractivity contribution in [3.63, 3.8) is 0 Å². The van der Waals surface area contributed by atoms with Gasteiger partial charge in [0.05, 0.1) is 4.90 Å². The molecule has 0 spiro atoms. The van der Waals surface area contributed by atoms with Crippen molar-refractivity contribution in [2.24, 2.45) is 11.7 Å². The van der Waals surface area contributed by atoms with E-state index in [0.717, 1.165) is 22.8 Å². The highest BCUT2D eigenvalue weighted by molar-refractivity contribution is 14.1. The van der Waals surface area contributed by atoms with Crippen molar-refractivity contribution < 1.29 is 8.42 Å². The lowest BCUT2D eigenvalue weighted by molar-refractivity contribution is 0.258. The molecule has 0 bridgehead atoms. The number of piperidine rings is 1. The lowest BCUT2D eigenvalue weighted by Gasteiger charge is -2.31. The molecule has 1 unspecified atom stereocenters. The van der Waals surface area contributed by atoms with E-state index in [1.165, 1.54) is 0 Å². The fourth-order valence-electron chi connectivity index (χ4n) is 2.47. The molecule has 106 valence electrons. The van der Waals surface area contributed by atoms with Gasteiger partial charge in [-0.2, -0.15) is 4.31 Å². The number of hydrogen-bond acceptors (Lipinski definition) is 3. The monoisotopic (exact) mass is 394 g/mol. The van der Waals surface area contributed by atoms with E-state index in [-0.39, 0.29) is 0 Å². The van der Waals surface area contributed by atoms with Gasteiger partial charge >= 0.3 is 0 Å². The van der Waals surface area contributed by atoms with Crippen LogP contribution in [0.2, 0.25) is 0 Å². The van der Waals surface area contributed by atoms with Crippen molar-refractivity contribution in [3.05, 3.63) is 27.8 Å². The van der Waals surface area contributed by atoms with E-state index in [1.807, 2.05) is 12.1 Å². The van der Waals surface area contributed by atoms with Crippen LogP contribution in [0.1, 0.15) is 19.3 Å². The zero-order chi connectivity index (χ0) is 13.9. The predicted octanol–water partition coefficient (Wildman–Crippen LogP) is 2.04. The summed E-state index contributed by atoms with van der Waals surface area (Å²) >= 11 is 2.17. The van der Waals surface area contributed by atoms with Crippen LogP contribution >= 0.6 is 22.6 Å². The number of sulfonamides is 1. The summed E-state index contributed by atoms with van der Waals surface area (Å²) in [6.07, 6.45) is 2.91. The third kappa shape index (κ3) is 3.68. The lowest BCUT2D eigenvalue weighted by Crippen LogP contribution is -2.40. The predicted molar refractivity (Wildman–Crippen MR) is 84.3 cm³/mol. The maximum absolute atomic E-state index is 12.5. The molecular weight excluding hydrogens is 375 g/mol. The molecule has 0 saturated carbocycles. The molecule has 0 radical (unpaired) electrons. The second-order valence-corrected chi connectivity index (χ2v) is 8.09. The van der Waals surface area contributed by atoms with E-state index >= 15 is 0 Å². The number of rotatable bonds is 4. The van der Waals surface area contributed by atoms with Gasteiger partial charge in [0, 0.05) is 16.7 Å². The van der Waals surface area contributed by atoms with Crippen LogP contribution in [-0.2, 0) is 10.0 Å². The molecule has 0 aliphatic carbocycles. The van der Waals surface area contributed by atoms with Gasteiger partial charge in [-0.3, -0.25) is 0 Å². The largest absolute Gasteiger partial charge is 0.330 e. The highest BCUT2D eigenvalue weighted by Gasteiger charge is 2.29. The molecule has 1 aromatic carbocycles. The van der Waals surface area contributed by atoms with Gasteiger partial charge in [-0.25, -0.2) is 8.42 Å². The molecule has 0 amide bonds. The van der Waals surface area contributed by atoms with Gasteiger partial charge < -0.3 is 5.73 Å². The number of nitrogens with two attached hydrogens (primary N) is 1. The van der Waals surface area contributed by atoms with Gasteiger partial charge in [0.25, 0.3) is 0 Å². The molecule has 1 saturated heterocycles. The van der Waals surface area contributed by atoms with Crippen LogP contribution in [0.5, 0.6) is 0 Å². The van der Waals surface area contributed by atoms with Gasteiger partial charge in [0.15, 0.2) is 0 Å². The molecule has 1 aliphatic heterocycles. The summed E-state index contributed by atoms with van der Waals surface area (Å²) in [7, 11) is -3.34. The van der Waals surface area contributed by atoms with E-state index in [2.05, 4.69) is 22.6 Å². The Hall–Kier alpha value is -0.180. The Bertz CT molecular complexity index is 514. The Morgan fingerprint density at radius 3 is 2.63 bits per heavy atom. The topological polar surface area (TPSA) is 63.4 Å². The maximum Gasteiger partial charge on any atom is 0.243 e. The first-order valence-corrected chi connectivity index (χ1v) is 9.01. The summed E-state index contributed by atoms with van der Waals surface area (Å²) in [5.74, 6) is 0.400. The molecule has 2 rings (SSSR count). The van der Waals surface area contributed by atoms with Crippen LogP contribution in [-0.4, -0.2) is 32.4 Å². The third-order valence-electron chi connectivity index (χ3n) is 3.51. The van der Waals surface area contributed by atoms with Crippen molar-refractivity contribution in [1.82, 2.24) is 4.31 Å². The van der Waals surface area contributed by atoms with Gasteiger partial charge in [0.1, 0.15) is 0 Å². The molecular formula is C13H19IN2O2S. The molecule has 19 heavy (non-hydrogen) atoms. The fourth-order valence-corrected chi connectivity index (χ4v) is 4.39. The van der Waals surface area contributed by atoms with Gasteiger partial charge in [0.2, 0.25) is 10.0 Å². The SMILES string of the molecule is NCCC1CCCN(S(=O)(=O)c2ccc(I)cc2)C1. The molecule has 1 aliphatic rings. The molecule has 1 heterocycles. The normalized spacial score (nSPS) is 21.5. The quantitative estimate of drug-likeness (QED) is 0.796. The highest BCUT2D eigenvalue weighted by atomic mass is 127. The molecule has 1 aromatic rings. The fraction of sp³-hybridized carbons (Fsp3) is 0.538. The van der Waals surface area contributed by atoms with Crippen LogP contribution < -0.4 is 5.73 Å². The Morgan fingerprint density at radius 1 is 1.32 bits per heavy atom. The summed E-state index contributed by atoms with van der Waals surface area (Å²) in [5, 5.41) is 0. The molecule has 1 fully saturated rings. The summed E-state index contributed by atoms with van der Waals surface area (Å²) in [6, 6.07) is 7.02. The second kappa shape index (κ2) is 6.51. The van der Waals surface area contributed by atoms with E-state index in [4.69, 9.17) is 5.73 Å². The van der Waals surface area contributed by atoms with Crippen molar-refractivity contribution in [1.29, 1.82) is 0 Å². The van der Waals surface area contributed by atoms with Crippen LogP contribution in [0.25, 0.3) is 0 Å². The van der Waals surface area contributed by atoms with Crippen LogP contribution in [0.15, 0.2) is 29.2 Å².